The molecule has 0 unspecified atom stereocenters. The van der Waals surface area contributed by atoms with Gasteiger partial charge < -0.3 is 30.7 Å². The Morgan fingerprint density at radius 2 is 1.23 bits per heavy atom. The molecule has 5 amide bonds. The highest BCUT2D eigenvalue weighted by molar-refractivity contribution is 5.93. The molecule has 3 aromatic carbocycles. The lowest BCUT2D eigenvalue weighted by Gasteiger charge is -2.24. The first kappa shape index (κ1) is 37.0. The van der Waals surface area contributed by atoms with Gasteiger partial charge >= 0.3 is 6.09 Å². The van der Waals surface area contributed by atoms with Gasteiger partial charge in [-0.2, -0.15) is 0 Å². The molecule has 0 aliphatic rings. The van der Waals surface area contributed by atoms with Gasteiger partial charge in [0.25, 0.3) is 5.91 Å². The number of amides is 5. The summed E-state index contributed by atoms with van der Waals surface area (Å²) in [6.07, 6.45) is -0.524. The van der Waals surface area contributed by atoms with Crippen molar-refractivity contribution in [2.75, 3.05) is 6.54 Å². The number of alkyl carbamates (subject to hydrolysis) is 1. The minimum absolute atomic E-state index is 0.0901. The molecule has 0 radical (unpaired) electrons. The van der Waals surface area contributed by atoms with E-state index in [4.69, 9.17) is 15.3 Å². The zero-order valence-electron chi connectivity index (χ0n) is 27.6. The second-order valence-electron chi connectivity index (χ2n) is 12.1. The molecule has 48 heavy (non-hydrogen) atoms. The van der Waals surface area contributed by atoms with Crippen LogP contribution in [0.25, 0.3) is 0 Å². The van der Waals surface area contributed by atoms with Crippen molar-refractivity contribution in [2.45, 2.75) is 70.9 Å². The zero-order chi connectivity index (χ0) is 35.1. The molecular formula is C35H44N6O7. The van der Waals surface area contributed by atoms with Gasteiger partial charge in [-0.1, -0.05) is 72.8 Å². The fourth-order valence-corrected chi connectivity index (χ4v) is 4.46. The summed E-state index contributed by atoms with van der Waals surface area (Å²) in [5.41, 5.74) is 3.76. The third-order valence-electron chi connectivity index (χ3n) is 6.87. The maximum atomic E-state index is 13.3. The quantitative estimate of drug-likeness (QED) is 0.0811. The monoisotopic (exact) mass is 660 g/mol. The van der Waals surface area contributed by atoms with E-state index in [1.807, 2.05) is 41.8 Å². The summed E-state index contributed by atoms with van der Waals surface area (Å²) in [6.45, 7) is 6.47. The SMILES string of the molecule is C[C@@H](NC(=O)[C@H](Cc1ccc(OCc2ccccc2)cc1)NC(=O)OC(C)(C)C)C(=O)NCC(=O)N[C@@H](Cc1ccccc1)C(=O)NN. The summed E-state index contributed by atoms with van der Waals surface area (Å²) in [5.74, 6) is 3.39. The molecule has 0 aliphatic carbocycles. The Balaban J connectivity index is 1.58. The number of rotatable bonds is 15. The van der Waals surface area contributed by atoms with Gasteiger partial charge in [0.2, 0.25) is 17.7 Å². The van der Waals surface area contributed by atoms with Crippen LogP contribution in [0, 0.1) is 0 Å². The zero-order valence-corrected chi connectivity index (χ0v) is 27.6. The second kappa shape index (κ2) is 18.0. The van der Waals surface area contributed by atoms with Crippen LogP contribution in [-0.4, -0.2) is 60.0 Å². The molecule has 0 aromatic heterocycles. The average molecular weight is 661 g/mol. The predicted octanol–water partition coefficient (Wildman–Crippen LogP) is 2.04. The van der Waals surface area contributed by atoms with Crippen LogP contribution in [0.3, 0.4) is 0 Å². The highest BCUT2D eigenvalue weighted by Crippen LogP contribution is 2.16. The van der Waals surface area contributed by atoms with Crippen molar-refractivity contribution in [2.24, 2.45) is 5.84 Å². The molecule has 3 atom stereocenters. The first-order valence-corrected chi connectivity index (χ1v) is 15.5. The van der Waals surface area contributed by atoms with E-state index in [0.29, 0.717) is 12.4 Å². The predicted molar refractivity (Wildman–Crippen MR) is 179 cm³/mol. The van der Waals surface area contributed by atoms with Gasteiger partial charge in [-0.15, -0.1) is 0 Å². The minimum Gasteiger partial charge on any atom is -0.489 e. The molecule has 0 spiro atoms. The van der Waals surface area contributed by atoms with Crippen LogP contribution in [0.5, 0.6) is 5.75 Å². The van der Waals surface area contributed by atoms with E-state index >= 15 is 0 Å². The average Bonchev–Trinajstić information content (AvgIpc) is 3.05. The Labute approximate surface area is 280 Å². The molecule has 13 nitrogen and oxygen atoms in total. The molecule has 0 aliphatic heterocycles. The van der Waals surface area contributed by atoms with Crippen molar-refractivity contribution in [1.82, 2.24) is 26.7 Å². The van der Waals surface area contributed by atoms with E-state index in [1.165, 1.54) is 6.92 Å². The molecule has 7 N–H and O–H groups in total. The summed E-state index contributed by atoms with van der Waals surface area (Å²) < 4.78 is 11.2. The van der Waals surface area contributed by atoms with Crippen LogP contribution in [-0.2, 0) is 43.4 Å². The Bertz CT molecular complexity index is 1510. The third kappa shape index (κ3) is 13.1. The number of carbonyl (C=O) groups excluding carboxylic acids is 5. The lowest BCUT2D eigenvalue weighted by Crippen LogP contribution is -2.55. The van der Waals surface area contributed by atoms with E-state index in [-0.39, 0.29) is 12.8 Å². The van der Waals surface area contributed by atoms with Crippen LogP contribution in [0.4, 0.5) is 4.79 Å². The molecular weight excluding hydrogens is 616 g/mol. The maximum absolute atomic E-state index is 13.3. The number of hydrazine groups is 1. The topological polar surface area (TPSA) is 190 Å². The number of hydrogen-bond acceptors (Lipinski definition) is 8. The van der Waals surface area contributed by atoms with Gasteiger partial charge in [-0.05, 0) is 56.5 Å². The number of nitrogens with two attached hydrogens (primary N) is 1. The normalized spacial score (nSPS) is 12.8. The van der Waals surface area contributed by atoms with Crippen LogP contribution in [0.15, 0.2) is 84.9 Å². The van der Waals surface area contributed by atoms with Gasteiger partial charge in [0.05, 0.1) is 6.54 Å². The van der Waals surface area contributed by atoms with E-state index in [1.54, 1.807) is 69.3 Å². The fourth-order valence-electron chi connectivity index (χ4n) is 4.46. The third-order valence-corrected chi connectivity index (χ3v) is 6.87. The summed E-state index contributed by atoms with van der Waals surface area (Å²) in [6, 6.07) is 22.7. The molecule has 0 saturated carbocycles. The molecule has 0 fully saturated rings. The van der Waals surface area contributed by atoms with Crippen LogP contribution >= 0.6 is 0 Å². The Hall–Kier alpha value is -5.43. The van der Waals surface area contributed by atoms with E-state index in [9.17, 15) is 24.0 Å². The standard InChI is InChI=1S/C35H44N6O7/c1-23(31(43)37-21-30(42)39-29(33(45)41-36)19-24-11-7-5-8-12-24)38-32(44)28(40-34(46)48-35(2,3)4)20-25-15-17-27(18-16-25)47-22-26-13-9-6-10-14-26/h5-18,23,28-29H,19-22,36H2,1-4H3,(H,37,43)(H,38,44)(H,39,42)(H,40,46)(H,41,45)/t23-,28+,29+/m1/s1. The van der Waals surface area contributed by atoms with Crippen molar-refractivity contribution in [3.63, 3.8) is 0 Å². The molecule has 0 heterocycles. The van der Waals surface area contributed by atoms with Gasteiger partial charge in [-0.25, -0.2) is 10.6 Å². The molecule has 256 valence electrons. The van der Waals surface area contributed by atoms with Gasteiger partial charge in [0.1, 0.15) is 36.1 Å². The second-order valence-corrected chi connectivity index (χ2v) is 12.1. The number of benzene rings is 3. The molecule has 3 aromatic rings. The summed E-state index contributed by atoms with van der Waals surface area (Å²) in [7, 11) is 0. The van der Waals surface area contributed by atoms with Crippen molar-refractivity contribution >= 4 is 29.7 Å². The van der Waals surface area contributed by atoms with Crippen LogP contribution < -0.4 is 37.3 Å². The van der Waals surface area contributed by atoms with Crippen LogP contribution in [0.1, 0.15) is 44.4 Å². The molecule has 0 saturated heterocycles. The molecule has 0 bridgehead atoms. The smallest absolute Gasteiger partial charge is 0.408 e. The highest BCUT2D eigenvalue weighted by atomic mass is 16.6. The number of hydrogen-bond donors (Lipinski definition) is 6. The number of carbonyl (C=O) groups is 5. The number of ether oxygens (including phenoxy) is 2. The van der Waals surface area contributed by atoms with Gasteiger partial charge in [0, 0.05) is 12.8 Å². The molecule has 13 heteroatoms. The number of nitrogens with one attached hydrogen (secondary N) is 5. The van der Waals surface area contributed by atoms with E-state index in [2.05, 4.69) is 21.3 Å². The van der Waals surface area contributed by atoms with Crippen LogP contribution in [0.2, 0.25) is 0 Å². The maximum Gasteiger partial charge on any atom is 0.408 e. The van der Waals surface area contributed by atoms with Gasteiger partial charge in [0.15, 0.2) is 0 Å². The fraction of sp³-hybridized carbons (Fsp3) is 0.343. The Morgan fingerprint density at radius 1 is 0.688 bits per heavy atom. The Morgan fingerprint density at radius 3 is 1.79 bits per heavy atom. The van der Waals surface area contributed by atoms with E-state index < -0.39 is 60.0 Å². The summed E-state index contributed by atoms with van der Waals surface area (Å²) in [5, 5.41) is 10.2. The van der Waals surface area contributed by atoms with Crippen molar-refractivity contribution in [1.29, 1.82) is 0 Å². The summed E-state index contributed by atoms with van der Waals surface area (Å²) >= 11 is 0. The molecule has 3 rings (SSSR count). The van der Waals surface area contributed by atoms with Gasteiger partial charge in [-0.3, -0.25) is 24.6 Å². The van der Waals surface area contributed by atoms with Crippen molar-refractivity contribution < 1.29 is 33.4 Å². The summed E-state index contributed by atoms with van der Waals surface area (Å²) in [4.78, 5) is 63.6. The largest absolute Gasteiger partial charge is 0.489 e. The van der Waals surface area contributed by atoms with Crippen molar-refractivity contribution in [3.05, 3.63) is 102 Å². The minimum atomic E-state index is -1.09. The Kier molecular flexibility index (Phi) is 13.9. The first-order valence-electron chi connectivity index (χ1n) is 15.5. The van der Waals surface area contributed by atoms with E-state index in [0.717, 1.165) is 16.7 Å². The lowest BCUT2D eigenvalue weighted by atomic mass is 10.0. The first-order chi connectivity index (χ1) is 22.8. The van der Waals surface area contributed by atoms with Crippen molar-refractivity contribution in [3.8, 4) is 5.75 Å². The highest BCUT2D eigenvalue weighted by Gasteiger charge is 2.28. The lowest BCUT2D eigenvalue weighted by molar-refractivity contribution is -0.131.